The number of hydrogen-bond donors (Lipinski definition) is 2. The maximum Gasteiger partial charge on any atom is 0.145 e. The van der Waals surface area contributed by atoms with Crippen molar-refractivity contribution in [2.75, 3.05) is 29.9 Å². The molecule has 3 atom stereocenters. The van der Waals surface area contributed by atoms with Crippen molar-refractivity contribution in [3.05, 3.63) is 46.5 Å². The molecule has 4 heterocycles. The van der Waals surface area contributed by atoms with E-state index in [4.69, 9.17) is 16.6 Å². The summed E-state index contributed by atoms with van der Waals surface area (Å²) in [6.45, 7) is 2.12. The van der Waals surface area contributed by atoms with Gasteiger partial charge in [0.25, 0.3) is 0 Å². The zero-order valence-electron chi connectivity index (χ0n) is 18.7. The molecular weight excluding hydrogens is 454 g/mol. The summed E-state index contributed by atoms with van der Waals surface area (Å²) in [5, 5.41) is 14.4. The average Bonchev–Trinajstić information content (AvgIpc) is 3.51. The van der Waals surface area contributed by atoms with Gasteiger partial charge >= 0.3 is 0 Å². The summed E-state index contributed by atoms with van der Waals surface area (Å²) >= 11 is 6.11. The molecule has 3 aliphatic heterocycles. The first-order chi connectivity index (χ1) is 16.0. The van der Waals surface area contributed by atoms with Crippen molar-refractivity contribution >= 4 is 34.0 Å². The van der Waals surface area contributed by atoms with Gasteiger partial charge in [-0.1, -0.05) is 23.7 Å². The zero-order chi connectivity index (χ0) is 22.4. The molecule has 2 unspecified atom stereocenters. The Kier molecular flexibility index (Phi) is 4.51. The number of aliphatic hydroxyl groups excluding tert-OH is 1. The third kappa shape index (κ3) is 3.13. The van der Waals surface area contributed by atoms with Crippen molar-refractivity contribution in [1.29, 1.82) is 0 Å². The molecule has 3 aliphatic carbocycles. The number of nitrogens with zero attached hydrogens (tertiary/aromatic N) is 2. The van der Waals surface area contributed by atoms with E-state index in [1.54, 1.807) is 0 Å². The number of anilines is 2. The molecule has 5 nitrogen and oxygen atoms in total. The number of aromatic nitrogens is 1. The molecule has 5 fully saturated rings. The highest BCUT2D eigenvalue weighted by Gasteiger charge is 2.56. The molecule has 1 spiro atoms. The first kappa shape index (κ1) is 20.7. The van der Waals surface area contributed by atoms with Crippen molar-refractivity contribution in [2.24, 2.45) is 11.8 Å². The first-order valence-corrected chi connectivity index (χ1v) is 13.9. The predicted octanol–water partition coefficient (Wildman–Crippen LogP) is 4.50. The van der Waals surface area contributed by atoms with E-state index in [-0.39, 0.29) is 16.9 Å². The third-order valence-electron chi connectivity index (χ3n) is 9.04. The molecule has 1 aromatic carbocycles. The van der Waals surface area contributed by atoms with E-state index in [0.717, 1.165) is 73.2 Å². The summed E-state index contributed by atoms with van der Waals surface area (Å²) in [6.07, 6.45) is 7.27. The van der Waals surface area contributed by atoms with Gasteiger partial charge in [-0.15, -0.1) is 0 Å². The topological polar surface area (TPSA) is 65.5 Å². The van der Waals surface area contributed by atoms with Crippen molar-refractivity contribution in [3.8, 4) is 0 Å². The number of hydrogen-bond acceptors (Lipinski definition) is 5. The quantitative estimate of drug-likeness (QED) is 0.655. The van der Waals surface area contributed by atoms with E-state index < -0.39 is 10.8 Å². The Balaban J connectivity index is 1.19. The van der Waals surface area contributed by atoms with Crippen molar-refractivity contribution in [2.45, 2.75) is 66.0 Å². The number of pyridine rings is 1. The molecule has 2 bridgehead atoms. The molecule has 174 valence electrons. The minimum absolute atomic E-state index is 0.0469. The lowest BCUT2D eigenvalue weighted by Crippen LogP contribution is -2.54. The Hall–Kier alpha value is -1.63. The Labute approximate surface area is 202 Å². The second kappa shape index (κ2) is 7.19. The van der Waals surface area contributed by atoms with Gasteiger partial charge in [0.2, 0.25) is 0 Å². The lowest BCUT2D eigenvalue weighted by Gasteiger charge is -2.54. The van der Waals surface area contributed by atoms with E-state index in [9.17, 15) is 9.32 Å². The molecule has 6 aliphatic rings. The molecule has 0 amide bonds. The van der Waals surface area contributed by atoms with Crippen LogP contribution in [0.25, 0.3) is 0 Å². The third-order valence-corrected chi connectivity index (χ3v) is 11.5. The number of nitrogens with one attached hydrogen (secondary N) is 1. The zero-order valence-corrected chi connectivity index (χ0v) is 20.3. The van der Waals surface area contributed by atoms with Gasteiger partial charge in [-0.25, -0.2) is 4.98 Å². The molecule has 8 rings (SSSR count). The fraction of sp³-hybridized carbons (Fsp3) is 0.577. The van der Waals surface area contributed by atoms with E-state index in [2.05, 4.69) is 28.4 Å². The highest BCUT2D eigenvalue weighted by atomic mass is 35.5. The molecule has 2 aromatic rings. The molecule has 3 saturated carbocycles. The molecule has 7 heteroatoms. The minimum Gasteiger partial charge on any atom is -0.394 e. The van der Waals surface area contributed by atoms with Crippen LogP contribution in [0.4, 0.5) is 11.6 Å². The van der Waals surface area contributed by atoms with Crippen LogP contribution in [0.1, 0.15) is 55.6 Å². The second-order valence-electron chi connectivity index (χ2n) is 11.1. The van der Waals surface area contributed by atoms with Crippen LogP contribution >= 0.6 is 11.6 Å². The van der Waals surface area contributed by atoms with Crippen LogP contribution in [-0.4, -0.2) is 44.3 Å². The molecule has 1 aromatic heterocycles. The number of rotatable bonds is 5. The van der Waals surface area contributed by atoms with Gasteiger partial charge in [0.05, 0.1) is 32.6 Å². The van der Waals surface area contributed by atoms with E-state index >= 15 is 0 Å². The summed E-state index contributed by atoms with van der Waals surface area (Å²) < 4.78 is 13.4. The Morgan fingerprint density at radius 2 is 1.88 bits per heavy atom. The molecule has 33 heavy (non-hydrogen) atoms. The van der Waals surface area contributed by atoms with Gasteiger partial charge in [-0.05, 0) is 92.0 Å². The number of piperidine rings is 2. The van der Waals surface area contributed by atoms with Crippen LogP contribution < -0.4 is 10.2 Å². The van der Waals surface area contributed by atoms with Crippen LogP contribution in [0.2, 0.25) is 5.02 Å². The number of halogens is 1. The normalized spacial score (nSPS) is 32.1. The minimum atomic E-state index is -1.00. The maximum absolute atomic E-state index is 13.4. The molecule has 0 radical (unpaired) electrons. The van der Waals surface area contributed by atoms with Crippen LogP contribution in [0.15, 0.2) is 35.2 Å². The fourth-order valence-corrected chi connectivity index (χ4v) is 8.73. The number of aliphatic hydroxyl groups is 1. The second-order valence-corrected chi connectivity index (χ2v) is 13.3. The van der Waals surface area contributed by atoms with Gasteiger partial charge in [-0.2, -0.15) is 0 Å². The van der Waals surface area contributed by atoms with Gasteiger partial charge < -0.3 is 15.3 Å². The van der Waals surface area contributed by atoms with E-state index in [1.807, 2.05) is 12.1 Å². The lowest BCUT2D eigenvalue weighted by atomic mass is 9.59. The van der Waals surface area contributed by atoms with Crippen molar-refractivity contribution < 1.29 is 9.32 Å². The van der Waals surface area contributed by atoms with Gasteiger partial charge in [0.1, 0.15) is 11.6 Å². The largest absolute Gasteiger partial charge is 0.394 e. The van der Waals surface area contributed by atoms with Gasteiger partial charge in [0.15, 0.2) is 0 Å². The van der Waals surface area contributed by atoms with Crippen molar-refractivity contribution in [3.63, 3.8) is 0 Å². The fourth-order valence-electron chi connectivity index (χ4n) is 6.77. The Morgan fingerprint density at radius 1 is 1.15 bits per heavy atom. The van der Waals surface area contributed by atoms with Crippen LogP contribution in [0.3, 0.4) is 0 Å². The standard InChI is InChI=1S/C26H30ClN3O2S/c27-20-4-2-16(3-5-20)22-18-10-19(22)14-30(13-18)21-11-17-12-26(8-9-26)33(32)23(17)24(28-21)29-25(15-31)6-1-7-25/h2-5,11,18-19,22,31H,1,6-10,12-15H2,(H,28,29)/t18?,19?,22?,33-/m1/s1. The predicted molar refractivity (Wildman–Crippen MR) is 132 cm³/mol. The van der Waals surface area contributed by atoms with E-state index in [1.165, 1.54) is 17.5 Å². The summed E-state index contributed by atoms with van der Waals surface area (Å²) in [5.74, 6) is 3.67. The summed E-state index contributed by atoms with van der Waals surface area (Å²) in [4.78, 5) is 8.45. The average molecular weight is 484 g/mol. The summed E-state index contributed by atoms with van der Waals surface area (Å²) in [6, 6.07) is 10.6. The Bertz CT molecular complexity index is 1130. The molecule has 2 saturated heterocycles. The van der Waals surface area contributed by atoms with Crippen LogP contribution in [0, 0.1) is 11.8 Å². The van der Waals surface area contributed by atoms with Crippen LogP contribution in [0.5, 0.6) is 0 Å². The first-order valence-electron chi connectivity index (χ1n) is 12.3. The molecule has 2 N–H and O–H groups in total. The SMILES string of the molecule is O=[S@@]1c2c(cc(N3CC4CC(C3)C4c3ccc(Cl)cc3)nc2NC2(CO)CCC2)CC12CC2. The Morgan fingerprint density at radius 3 is 2.48 bits per heavy atom. The highest BCUT2D eigenvalue weighted by Crippen LogP contribution is 2.56. The number of benzene rings is 1. The summed E-state index contributed by atoms with van der Waals surface area (Å²) in [7, 11) is -1.00. The lowest BCUT2D eigenvalue weighted by molar-refractivity contribution is 0.111. The smallest absolute Gasteiger partial charge is 0.145 e. The highest BCUT2D eigenvalue weighted by molar-refractivity contribution is 7.87. The van der Waals surface area contributed by atoms with Crippen LogP contribution in [-0.2, 0) is 17.2 Å². The summed E-state index contributed by atoms with van der Waals surface area (Å²) in [5.41, 5.74) is 2.32. The van der Waals surface area contributed by atoms with E-state index in [0.29, 0.717) is 17.8 Å². The molecular formula is C26H30ClN3O2S. The maximum atomic E-state index is 13.4. The van der Waals surface area contributed by atoms with Gasteiger partial charge in [0, 0.05) is 18.1 Å². The number of fused-ring (bicyclic) bond motifs is 3. The van der Waals surface area contributed by atoms with Gasteiger partial charge in [-0.3, -0.25) is 4.21 Å². The monoisotopic (exact) mass is 483 g/mol. The van der Waals surface area contributed by atoms with Crippen molar-refractivity contribution in [1.82, 2.24) is 4.98 Å².